The second kappa shape index (κ2) is 5.04. The number of nitrogens with zero attached hydrogens (tertiary/aromatic N) is 1. The summed E-state index contributed by atoms with van der Waals surface area (Å²) in [6, 6.07) is 8.59. The first-order chi connectivity index (χ1) is 7.63. The highest BCUT2D eigenvalue weighted by molar-refractivity contribution is 9.10. The highest BCUT2D eigenvalue weighted by atomic mass is 79.9. The molecule has 1 aromatic heterocycles. The van der Waals surface area contributed by atoms with Crippen LogP contribution >= 0.6 is 39.1 Å². The molecule has 1 aromatic carbocycles. The van der Waals surface area contributed by atoms with E-state index in [2.05, 4.69) is 20.9 Å². The molecule has 0 atom stereocenters. The molecule has 16 heavy (non-hydrogen) atoms. The fourth-order valence-electron chi connectivity index (χ4n) is 1.13. The largest absolute Gasteiger partial charge is 0.439 e. The molecule has 0 aliphatic heterocycles. The number of rotatable bonds is 2. The minimum Gasteiger partial charge on any atom is -0.439 e. The zero-order chi connectivity index (χ0) is 11.5. The lowest BCUT2D eigenvalue weighted by atomic mass is 10.3. The molecule has 0 saturated carbocycles. The lowest BCUT2D eigenvalue weighted by Crippen LogP contribution is -1.87. The van der Waals surface area contributed by atoms with Gasteiger partial charge in [0.1, 0.15) is 5.75 Å². The molecular weight excluding hydrogens is 313 g/mol. The standard InChI is InChI=1S/C11H6BrCl2NO/c12-7-1-2-11(15-6-7)16-10-4-8(13)3-9(14)5-10/h1-6H. The molecule has 2 rings (SSSR count). The second-order valence-corrected chi connectivity index (χ2v) is 4.81. The predicted octanol–water partition coefficient (Wildman–Crippen LogP) is 4.94. The van der Waals surface area contributed by atoms with Crippen molar-refractivity contribution in [1.29, 1.82) is 0 Å². The van der Waals surface area contributed by atoms with E-state index in [-0.39, 0.29) is 0 Å². The lowest BCUT2D eigenvalue weighted by molar-refractivity contribution is 0.463. The lowest BCUT2D eigenvalue weighted by Gasteiger charge is -2.05. The first-order valence-corrected chi connectivity index (χ1v) is 5.94. The maximum Gasteiger partial charge on any atom is 0.219 e. The summed E-state index contributed by atoms with van der Waals surface area (Å²) in [6.07, 6.45) is 1.65. The Labute approximate surface area is 111 Å². The maximum absolute atomic E-state index is 5.85. The Hall–Kier alpha value is -0.770. The molecule has 2 aromatic rings. The quantitative estimate of drug-likeness (QED) is 0.782. The van der Waals surface area contributed by atoms with E-state index in [0.717, 1.165) is 4.47 Å². The normalized spacial score (nSPS) is 10.2. The number of aromatic nitrogens is 1. The SMILES string of the molecule is Clc1cc(Cl)cc(Oc2ccc(Br)cn2)c1. The van der Waals surface area contributed by atoms with Crippen molar-refractivity contribution in [3.63, 3.8) is 0 Å². The van der Waals surface area contributed by atoms with E-state index in [1.165, 1.54) is 0 Å². The third kappa shape index (κ3) is 3.11. The molecule has 0 amide bonds. The van der Waals surface area contributed by atoms with Crippen molar-refractivity contribution in [2.45, 2.75) is 0 Å². The molecule has 0 spiro atoms. The predicted molar refractivity (Wildman–Crippen MR) is 68.5 cm³/mol. The van der Waals surface area contributed by atoms with Gasteiger partial charge in [0.25, 0.3) is 0 Å². The Balaban J connectivity index is 2.23. The first-order valence-electron chi connectivity index (χ1n) is 4.39. The molecule has 0 radical (unpaired) electrons. The van der Waals surface area contributed by atoms with Gasteiger partial charge in [-0.25, -0.2) is 4.98 Å². The Kier molecular flexibility index (Phi) is 3.69. The first kappa shape index (κ1) is 11.7. The summed E-state index contributed by atoms with van der Waals surface area (Å²) >= 11 is 15.0. The van der Waals surface area contributed by atoms with Crippen molar-refractivity contribution in [2.24, 2.45) is 0 Å². The molecule has 5 heteroatoms. The Morgan fingerprint density at radius 3 is 2.31 bits per heavy atom. The Morgan fingerprint density at radius 2 is 1.75 bits per heavy atom. The van der Waals surface area contributed by atoms with Gasteiger partial charge in [-0.15, -0.1) is 0 Å². The average Bonchev–Trinajstić information content (AvgIpc) is 2.20. The van der Waals surface area contributed by atoms with Gasteiger partial charge >= 0.3 is 0 Å². The van der Waals surface area contributed by atoms with Crippen molar-refractivity contribution in [1.82, 2.24) is 4.98 Å². The smallest absolute Gasteiger partial charge is 0.219 e. The van der Waals surface area contributed by atoms with Crippen LogP contribution in [0, 0.1) is 0 Å². The molecule has 82 valence electrons. The molecule has 0 bridgehead atoms. The zero-order valence-electron chi connectivity index (χ0n) is 7.95. The third-order valence-electron chi connectivity index (χ3n) is 1.76. The van der Waals surface area contributed by atoms with Crippen LogP contribution in [0.3, 0.4) is 0 Å². The molecule has 1 heterocycles. The highest BCUT2D eigenvalue weighted by Crippen LogP contribution is 2.27. The summed E-state index contributed by atoms with van der Waals surface area (Å²) in [6.45, 7) is 0. The van der Waals surface area contributed by atoms with E-state index < -0.39 is 0 Å². The van der Waals surface area contributed by atoms with Gasteiger partial charge in [0.15, 0.2) is 0 Å². The van der Waals surface area contributed by atoms with Crippen molar-refractivity contribution < 1.29 is 4.74 Å². The third-order valence-corrected chi connectivity index (χ3v) is 2.66. The van der Waals surface area contributed by atoms with E-state index in [1.54, 1.807) is 30.5 Å². The molecular formula is C11H6BrCl2NO. The van der Waals surface area contributed by atoms with Crippen LogP contribution in [0.4, 0.5) is 0 Å². The Morgan fingerprint density at radius 1 is 1.06 bits per heavy atom. The van der Waals surface area contributed by atoms with Crippen LogP contribution in [-0.2, 0) is 0 Å². The number of ether oxygens (including phenoxy) is 1. The number of benzene rings is 1. The second-order valence-electron chi connectivity index (χ2n) is 3.02. The van der Waals surface area contributed by atoms with Crippen molar-refractivity contribution in [2.75, 3.05) is 0 Å². The molecule has 2 nitrogen and oxygen atoms in total. The number of pyridine rings is 1. The van der Waals surface area contributed by atoms with Crippen LogP contribution in [0.25, 0.3) is 0 Å². The molecule has 0 fully saturated rings. The van der Waals surface area contributed by atoms with Crippen LogP contribution in [0.5, 0.6) is 11.6 Å². The summed E-state index contributed by atoms with van der Waals surface area (Å²) in [5.41, 5.74) is 0. The van der Waals surface area contributed by atoms with Crippen molar-refractivity contribution in [3.05, 3.63) is 51.0 Å². The van der Waals surface area contributed by atoms with Gasteiger partial charge in [-0.1, -0.05) is 23.2 Å². The van der Waals surface area contributed by atoms with E-state index in [1.807, 2.05) is 6.07 Å². The van der Waals surface area contributed by atoms with Gasteiger partial charge in [0.05, 0.1) is 0 Å². The fraction of sp³-hybridized carbons (Fsp3) is 0. The van der Waals surface area contributed by atoms with Crippen molar-refractivity contribution >= 4 is 39.1 Å². The maximum atomic E-state index is 5.85. The zero-order valence-corrected chi connectivity index (χ0v) is 11.1. The molecule has 0 aliphatic carbocycles. The van der Waals surface area contributed by atoms with Gasteiger partial charge < -0.3 is 4.74 Å². The summed E-state index contributed by atoms with van der Waals surface area (Å²) in [5, 5.41) is 1.05. The van der Waals surface area contributed by atoms with Gasteiger partial charge in [-0.3, -0.25) is 0 Å². The van der Waals surface area contributed by atoms with Gasteiger partial charge in [0, 0.05) is 26.8 Å². The monoisotopic (exact) mass is 317 g/mol. The summed E-state index contributed by atoms with van der Waals surface area (Å²) in [7, 11) is 0. The van der Waals surface area contributed by atoms with Gasteiger partial charge in [-0.2, -0.15) is 0 Å². The molecule has 0 N–H and O–H groups in total. The van der Waals surface area contributed by atoms with Crippen LogP contribution in [0.15, 0.2) is 41.0 Å². The molecule has 0 aliphatic rings. The van der Waals surface area contributed by atoms with Crippen LogP contribution in [-0.4, -0.2) is 4.98 Å². The molecule has 0 unspecified atom stereocenters. The fourth-order valence-corrected chi connectivity index (χ4v) is 1.87. The van der Waals surface area contributed by atoms with Crippen LogP contribution in [0.1, 0.15) is 0 Å². The topological polar surface area (TPSA) is 22.1 Å². The minimum atomic E-state index is 0.488. The summed E-state index contributed by atoms with van der Waals surface area (Å²) < 4.78 is 6.39. The van der Waals surface area contributed by atoms with E-state index in [4.69, 9.17) is 27.9 Å². The number of halogens is 3. The summed E-state index contributed by atoms with van der Waals surface area (Å²) in [4.78, 5) is 4.08. The minimum absolute atomic E-state index is 0.488. The Bertz CT molecular complexity index is 482. The number of hydrogen-bond donors (Lipinski definition) is 0. The van der Waals surface area contributed by atoms with Crippen LogP contribution in [0.2, 0.25) is 10.0 Å². The van der Waals surface area contributed by atoms with E-state index in [9.17, 15) is 0 Å². The number of hydrogen-bond acceptors (Lipinski definition) is 2. The molecule has 0 saturated heterocycles. The van der Waals surface area contributed by atoms with Gasteiger partial charge in [-0.05, 0) is 40.2 Å². The van der Waals surface area contributed by atoms with Crippen LogP contribution < -0.4 is 4.74 Å². The summed E-state index contributed by atoms with van der Waals surface area (Å²) in [5.74, 6) is 1.05. The highest BCUT2D eigenvalue weighted by Gasteiger charge is 2.01. The van der Waals surface area contributed by atoms with E-state index >= 15 is 0 Å². The average molecular weight is 319 g/mol. The van der Waals surface area contributed by atoms with Crippen molar-refractivity contribution in [3.8, 4) is 11.6 Å². The van der Waals surface area contributed by atoms with E-state index in [0.29, 0.717) is 21.7 Å². The van der Waals surface area contributed by atoms with Gasteiger partial charge in [0.2, 0.25) is 5.88 Å².